The minimum Gasteiger partial charge on any atom is -0.478 e. The zero-order valence-corrected chi connectivity index (χ0v) is 11.2. The first kappa shape index (κ1) is 12.5. The third-order valence-corrected chi connectivity index (χ3v) is 4.01. The standard InChI is InChI=1S/C13H18ClNO2/c1-4-7(2)12-11(14)10(13(16)17)8(3)15(12)9-5-6-9/h7,9H,4-6H2,1-3H3,(H,16,17). The second kappa shape index (κ2) is 4.37. The number of aromatic carboxylic acids is 1. The van der Waals surface area contributed by atoms with Crippen LogP contribution in [-0.4, -0.2) is 15.6 Å². The fourth-order valence-electron chi connectivity index (χ4n) is 2.39. The zero-order valence-electron chi connectivity index (χ0n) is 10.5. The first-order valence-corrected chi connectivity index (χ1v) is 6.50. The molecule has 1 aliphatic rings. The van der Waals surface area contributed by atoms with E-state index in [-0.39, 0.29) is 5.56 Å². The summed E-state index contributed by atoms with van der Waals surface area (Å²) in [7, 11) is 0. The molecule has 17 heavy (non-hydrogen) atoms. The third kappa shape index (κ3) is 1.97. The molecule has 1 aromatic rings. The molecular weight excluding hydrogens is 238 g/mol. The molecule has 0 amide bonds. The number of nitrogens with zero attached hydrogens (tertiary/aromatic N) is 1. The lowest BCUT2D eigenvalue weighted by Gasteiger charge is -2.15. The molecule has 0 radical (unpaired) electrons. The maximum atomic E-state index is 11.3. The van der Waals surface area contributed by atoms with Gasteiger partial charge in [0.2, 0.25) is 0 Å². The Morgan fingerprint density at radius 2 is 2.18 bits per heavy atom. The normalized spacial score (nSPS) is 17.2. The van der Waals surface area contributed by atoms with Crippen LogP contribution in [0.4, 0.5) is 0 Å². The highest BCUT2D eigenvalue weighted by molar-refractivity contribution is 6.34. The van der Waals surface area contributed by atoms with Gasteiger partial charge in [0.05, 0.1) is 10.6 Å². The number of carbonyl (C=O) groups is 1. The van der Waals surface area contributed by atoms with Gasteiger partial charge in [0.1, 0.15) is 0 Å². The minimum absolute atomic E-state index is 0.286. The summed E-state index contributed by atoms with van der Waals surface area (Å²) in [5, 5.41) is 9.68. The lowest BCUT2D eigenvalue weighted by Crippen LogP contribution is -2.06. The molecule has 4 heteroatoms. The van der Waals surface area contributed by atoms with Crippen LogP contribution in [0.5, 0.6) is 0 Å². The van der Waals surface area contributed by atoms with Crippen LogP contribution in [0.1, 0.15) is 66.8 Å². The van der Waals surface area contributed by atoms with Crippen molar-refractivity contribution in [3.63, 3.8) is 0 Å². The van der Waals surface area contributed by atoms with Crippen LogP contribution in [0.25, 0.3) is 0 Å². The van der Waals surface area contributed by atoms with Crippen molar-refractivity contribution in [1.29, 1.82) is 0 Å². The van der Waals surface area contributed by atoms with Crippen LogP contribution < -0.4 is 0 Å². The Morgan fingerprint density at radius 1 is 1.59 bits per heavy atom. The van der Waals surface area contributed by atoms with Gasteiger partial charge in [-0.15, -0.1) is 0 Å². The monoisotopic (exact) mass is 255 g/mol. The van der Waals surface area contributed by atoms with Gasteiger partial charge in [0, 0.05) is 17.4 Å². The summed E-state index contributed by atoms with van der Waals surface area (Å²) in [6.07, 6.45) is 3.23. The molecule has 1 unspecified atom stereocenters. The molecule has 1 atom stereocenters. The van der Waals surface area contributed by atoms with Crippen molar-refractivity contribution in [3.8, 4) is 0 Å². The van der Waals surface area contributed by atoms with Gasteiger partial charge in [-0.05, 0) is 32.1 Å². The van der Waals surface area contributed by atoms with Gasteiger partial charge in [-0.3, -0.25) is 0 Å². The Kier molecular flexibility index (Phi) is 3.21. The first-order valence-electron chi connectivity index (χ1n) is 6.12. The van der Waals surface area contributed by atoms with Crippen LogP contribution in [-0.2, 0) is 0 Å². The molecule has 1 aromatic heterocycles. The number of halogens is 1. The first-order chi connectivity index (χ1) is 7.99. The number of carboxylic acid groups (broad SMARTS) is 1. The average Bonchev–Trinajstić information content (AvgIpc) is 3.04. The molecule has 1 N–H and O–H groups in total. The average molecular weight is 256 g/mol. The van der Waals surface area contributed by atoms with Crippen molar-refractivity contribution in [2.24, 2.45) is 0 Å². The summed E-state index contributed by atoms with van der Waals surface area (Å²) in [5.74, 6) is -0.619. The maximum Gasteiger partial charge on any atom is 0.339 e. The third-order valence-electron chi connectivity index (χ3n) is 3.63. The topological polar surface area (TPSA) is 42.2 Å². The smallest absolute Gasteiger partial charge is 0.339 e. The summed E-state index contributed by atoms with van der Waals surface area (Å²) in [4.78, 5) is 11.3. The molecule has 0 aliphatic heterocycles. The highest BCUT2D eigenvalue weighted by Crippen LogP contribution is 2.44. The highest BCUT2D eigenvalue weighted by Gasteiger charge is 2.33. The van der Waals surface area contributed by atoms with E-state index in [0.29, 0.717) is 17.0 Å². The van der Waals surface area contributed by atoms with E-state index in [4.69, 9.17) is 11.6 Å². The number of hydrogen-bond acceptors (Lipinski definition) is 1. The molecule has 2 rings (SSSR count). The van der Waals surface area contributed by atoms with E-state index >= 15 is 0 Å². The maximum absolute atomic E-state index is 11.3. The molecule has 0 spiro atoms. The predicted molar refractivity (Wildman–Crippen MR) is 68.1 cm³/mol. The Bertz CT molecular complexity index is 460. The van der Waals surface area contributed by atoms with Crippen LogP contribution in [0.2, 0.25) is 5.02 Å². The molecule has 0 bridgehead atoms. The van der Waals surface area contributed by atoms with E-state index in [1.54, 1.807) is 0 Å². The lowest BCUT2D eigenvalue weighted by atomic mass is 10.0. The van der Waals surface area contributed by atoms with Gasteiger partial charge in [-0.1, -0.05) is 25.4 Å². The summed E-state index contributed by atoms with van der Waals surface area (Å²) in [6.45, 7) is 6.06. The minimum atomic E-state index is -0.920. The van der Waals surface area contributed by atoms with Crippen LogP contribution in [0.3, 0.4) is 0 Å². The predicted octanol–water partition coefficient (Wildman–Crippen LogP) is 4.00. The zero-order chi connectivity index (χ0) is 12.7. The van der Waals surface area contributed by atoms with Crippen molar-refractivity contribution in [3.05, 3.63) is 22.0 Å². The molecule has 1 fully saturated rings. The number of hydrogen-bond donors (Lipinski definition) is 1. The van der Waals surface area contributed by atoms with Crippen LogP contribution >= 0.6 is 11.6 Å². The fraction of sp³-hybridized carbons (Fsp3) is 0.615. The summed E-state index contributed by atoms with van der Waals surface area (Å²) >= 11 is 6.27. The van der Waals surface area contributed by atoms with Crippen molar-refractivity contribution >= 4 is 17.6 Å². The quantitative estimate of drug-likeness (QED) is 0.884. The van der Waals surface area contributed by atoms with Gasteiger partial charge in [-0.25, -0.2) is 4.79 Å². The van der Waals surface area contributed by atoms with E-state index < -0.39 is 5.97 Å². The Morgan fingerprint density at radius 3 is 2.59 bits per heavy atom. The summed E-state index contributed by atoms with van der Waals surface area (Å²) in [6, 6.07) is 0.463. The van der Waals surface area contributed by atoms with E-state index in [9.17, 15) is 9.90 Å². The Hall–Kier alpha value is -0.960. The van der Waals surface area contributed by atoms with Gasteiger partial charge in [-0.2, -0.15) is 0 Å². The lowest BCUT2D eigenvalue weighted by molar-refractivity contribution is 0.0696. The Balaban J connectivity index is 2.62. The van der Waals surface area contributed by atoms with Gasteiger partial charge < -0.3 is 9.67 Å². The van der Waals surface area contributed by atoms with Crippen LogP contribution in [0, 0.1) is 6.92 Å². The molecule has 0 saturated heterocycles. The van der Waals surface area contributed by atoms with E-state index in [1.807, 2.05) is 6.92 Å². The summed E-state index contributed by atoms with van der Waals surface area (Å²) in [5.41, 5.74) is 2.10. The highest BCUT2D eigenvalue weighted by atomic mass is 35.5. The molecule has 3 nitrogen and oxygen atoms in total. The fourth-order valence-corrected chi connectivity index (χ4v) is 2.89. The van der Waals surface area contributed by atoms with Crippen molar-refractivity contribution in [1.82, 2.24) is 4.57 Å². The molecule has 0 aromatic carbocycles. The molecule has 94 valence electrons. The van der Waals surface area contributed by atoms with Crippen molar-refractivity contribution in [2.75, 3.05) is 0 Å². The van der Waals surface area contributed by atoms with Gasteiger partial charge >= 0.3 is 5.97 Å². The second-order valence-corrected chi connectivity index (χ2v) is 5.25. The molecule has 1 saturated carbocycles. The number of aromatic nitrogens is 1. The number of carboxylic acids is 1. The SMILES string of the molecule is CCC(C)c1c(Cl)c(C(=O)O)c(C)n1C1CC1. The molecule has 1 heterocycles. The van der Waals surface area contributed by atoms with Crippen LogP contribution in [0.15, 0.2) is 0 Å². The van der Waals surface area contributed by atoms with Crippen molar-refractivity contribution in [2.45, 2.75) is 52.0 Å². The molecular formula is C13H18ClNO2. The van der Waals surface area contributed by atoms with Gasteiger partial charge in [0.15, 0.2) is 0 Å². The molecule has 1 aliphatic carbocycles. The second-order valence-electron chi connectivity index (χ2n) is 4.88. The largest absolute Gasteiger partial charge is 0.478 e. The van der Waals surface area contributed by atoms with Crippen molar-refractivity contribution < 1.29 is 9.90 Å². The van der Waals surface area contributed by atoms with E-state index in [2.05, 4.69) is 18.4 Å². The van der Waals surface area contributed by atoms with E-state index in [0.717, 1.165) is 30.7 Å². The van der Waals surface area contributed by atoms with Gasteiger partial charge in [0.25, 0.3) is 0 Å². The summed E-state index contributed by atoms with van der Waals surface area (Å²) < 4.78 is 2.15. The Labute approximate surface area is 106 Å². The van der Waals surface area contributed by atoms with E-state index in [1.165, 1.54) is 0 Å². The number of rotatable bonds is 4.